The third-order valence-electron chi connectivity index (χ3n) is 6.25. The fourth-order valence-corrected chi connectivity index (χ4v) is 5.58. The van der Waals surface area contributed by atoms with Gasteiger partial charge in [-0.25, -0.2) is 0 Å². The fraction of sp³-hybridized carbons (Fsp3) is 0.706. The van der Waals surface area contributed by atoms with Gasteiger partial charge in [0.2, 0.25) is 0 Å². The number of carboxylic acid groups (broad SMARTS) is 1. The lowest BCUT2D eigenvalue weighted by molar-refractivity contribution is -0.162. The minimum atomic E-state index is -0.599. The number of carbonyl (C=O) groups is 1. The van der Waals surface area contributed by atoms with Crippen molar-refractivity contribution in [2.24, 2.45) is 22.7 Å². The van der Waals surface area contributed by atoms with E-state index in [-0.39, 0.29) is 11.3 Å². The van der Waals surface area contributed by atoms with Crippen LogP contribution in [0.25, 0.3) is 0 Å². The number of hydrogen-bond acceptors (Lipinski definition) is 1. The number of fused-ring (bicyclic) bond motifs is 3. The topological polar surface area (TPSA) is 37.3 Å². The van der Waals surface area contributed by atoms with Crippen LogP contribution < -0.4 is 0 Å². The first-order valence-electron chi connectivity index (χ1n) is 7.67. The molecular formula is C17H23BrO2. The molecule has 0 radical (unpaired) electrons. The van der Waals surface area contributed by atoms with Crippen LogP contribution in [0.4, 0.5) is 0 Å². The van der Waals surface area contributed by atoms with Crippen LogP contribution in [0.1, 0.15) is 52.4 Å². The summed E-state index contributed by atoms with van der Waals surface area (Å²) in [5.41, 5.74) is 1.05. The van der Waals surface area contributed by atoms with Crippen molar-refractivity contribution >= 4 is 21.9 Å². The van der Waals surface area contributed by atoms with Crippen LogP contribution in [0, 0.1) is 22.7 Å². The molecule has 3 aliphatic carbocycles. The average molecular weight is 339 g/mol. The van der Waals surface area contributed by atoms with Crippen LogP contribution in [0.2, 0.25) is 0 Å². The van der Waals surface area contributed by atoms with Gasteiger partial charge in [-0.2, -0.15) is 0 Å². The molecule has 0 aromatic carbocycles. The van der Waals surface area contributed by atoms with Crippen LogP contribution in [-0.4, -0.2) is 11.1 Å². The molecule has 1 saturated carbocycles. The van der Waals surface area contributed by atoms with E-state index in [0.29, 0.717) is 5.92 Å². The Hall–Kier alpha value is -0.570. The summed E-state index contributed by atoms with van der Waals surface area (Å²) in [5, 5.41) is 9.75. The molecule has 1 N–H and O–H groups in total. The summed E-state index contributed by atoms with van der Waals surface area (Å²) >= 11 is 3.63. The molecule has 0 aromatic heterocycles. The molecule has 3 aliphatic rings. The van der Waals surface area contributed by atoms with Gasteiger partial charge < -0.3 is 5.11 Å². The Morgan fingerprint density at radius 2 is 2.15 bits per heavy atom. The molecule has 3 rings (SSSR count). The first-order chi connectivity index (χ1) is 9.38. The highest BCUT2D eigenvalue weighted by Gasteiger charge is 2.57. The van der Waals surface area contributed by atoms with Gasteiger partial charge in [0.05, 0.1) is 5.41 Å². The van der Waals surface area contributed by atoms with Gasteiger partial charge in [0, 0.05) is 0 Å². The van der Waals surface area contributed by atoms with Gasteiger partial charge in [-0.05, 0) is 72.4 Å². The van der Waals surface area contributed by atoms with Crippen molar-refractivity contribution < 1.29 is 9.90 Å². The molecule has 0 spiro atoms. The van der Waals surface area contributed by atoms with Gasteiger partial charge in [-0.15, -0.1) is 0 Å². The molecule has 110 valence electrons. The van der Waals surface area contributed by atoms with Gasteiger partial charge in [-0.3, -0.25) is 4.79 Å². The number of allylic oxidation sites excluding steroid dienone is 4. The molecule has 3 heteroatoms. The standard InChI is InChI=1S/C17H23BrO2/c1-16-8-3-9-17(2,15(19)20)14(16)7-4-11-10-12(18)5-6-13(11)16/h4,10,13-14H,3,5-9H2,1-2H3,(H,19,20)/t13-,14+,16+,17+/m0/s1. The normalized spacial score (nSPS) is 44.0. The van der Waals surface area contributed by atoms with E-state index in [1.807, 2.05) is 6.92 Å². The Bertz CT molecular complexity index is 507. The minimum Gasteiger partial charge on any atom is -0.481 e. The molecule has 0 aliphatic heterocycles. The molecule has 1 fully saturated rings. The molecule has 20 heavy (non-hydrogen) atoms. The van der Waals surface area contributed by atoms with Crippen LogP contribution in [0.5, 0.6) is 0 Å². The molecule has 0 bridgehead atoms. The number of aliphatic carboxylic acids is 1. The number of hydrogen-bond donors (Lipinski definition) is 1. The van der Waals surface area contributed by atoms with Crippen LogP contribution >= 0.6 is 15.9 Å². The van der Waals surface area contributed by atoms with E-state index in [2.05, 4.69) is 35.0 Å². The van der Waals surface area contributed by atoms with Crippen molar-refractivity contribution in [1.29, 1.82) is 0 Å². The van der Waals surface area contributed by atoms with Crippen molar-refractivity contribution in [3.8, 4) is 0 Å². The third-order valence-corrected chi connectivity index (χ3v) is 6.87. The van der Waals surface area contributed by atoms with E-state index in [1.54, 1.807) is 0 Å². The molecule has 0 saturated heterocycles. The summed E-state index contributed by atoms with van der Waals surface area (Å²) in [6, 6.07) is 0. The number of rotatable bonds is 1. The maximum Gasteiger partial charge on any atom is 0.309 e. The van der Waals surface area contributed by atoms with Crippen molar-refractivity contribution in [3.63, 3.8) is 0 Å². The molecule has 2 nitrogen and oxygen atoms in total. The van der Waals surface area contributed by atoms with Crippen molar-refractivity contribution in [3.05, 3.63) is 22.2 Å². The lowest BCUT2D eigenvalue weighted by atomic mass is 9.47. The van der Waals surface area contributed by atoms with E-state index in [9.17, 15) is 9.90 Å². The summed E-state index contributed by atoms with van der Waals surface area (Å²) in [5.74, 6) is 0.222. The monoisotopic (exact) mass is 338 g/mol. The van der Waals surface area contributed by atoms with Crippen LogP contribution in [0.15, 0.2) is 22.2 Å². The predicted molar refractivity (Wildman–Crippen MR) is 83.6 cm³/mol. The minimum absolute atomic E-state index is 0.152. The maximum absolute atomic E-state index is 11.8. The molecule has 0 amide bonds. The summed E-state index contributed by atoms with van der Waals surface area (Å²) in [6.07, 6.45) is 10.8. The van der Waals surface area contributed by atoms with Gasteiger partial charge in [-0.1, -0.05) is 35.4 Å². The Morgan fingerprint density at radius 3 is 2.85 bits per heavy atom. The van der Waals surface area contributed by atoms with E-state index >= 15 is 0 Å². The average Bonchev–Trinajstić information content (AvgIpc) is 2.37. The lowest BCUT2D eigenvalue weighted by Crippen LogP contribution is -2.52. The van der Waals surface area contributed by atoms with E-state index < -0.39 is 11.4 Å². The van der Waals surface area contributed by atoms with Gasteiger partial charge in [0.15, 0.2) is 0 Å². The Labute approximate surface area is 129 Å². The summed E-state index contributed by atoms with van der Waals surface area (Å²) in [7, 11) is 0. The first-order valence-corrected chi connectivity index (χ1v) is 8.47. The summed E-state index contributed by atoms with van der Waals surface area (Å²) in [6.45, 7) is 4.33. The van der Waals surface area contributed by atoms with Crippen molar-refractivity contribution in [2.75, 3.05) is 0 Å². The van der Waals surface area contributed by atoms with E-state index in [0.717, 1.165) is 32.1 Å². The SMILES string of the molecule is C[C@]12CCC[C@@](C)(C(=O)O)[C@@H]1CC=C1C=C(Br)CC[C@@H]12. The number of halogens is 1. The van der Waals surface area contributed by atoms with Crippen molar-refractivity contribution in [2.45, 2.75) is 52.4 Å². The van der Waals surface area contributed by atoms with E-state index in [4.69, 9.17) is 0 Å². The molecule has 0 heterocycles. The second kappa shape index (κ2) is 4.72. The third kappa shape index (κ3) is 1.93. The Balaban J connectivity index is 2.04. The predicted octanol–water partition coefficient (Wildman–Crippen LogP) is 4.90. The molecule has 4 atom stereocenters. The Kier molecular flexibility index (Phi) is 3.39. The van der Waals surface area contributed by atoms with E-state index in [1.165, 1.54) is 16.5 Å². The smallest absolute Gasteiger partial charge is 0.309 e. The first kappa shape index (κ1) is 14.4. The highest BCUT2D eigenvalue weighted by Crippen LogP contribution is 2.62. The second-order valence-electron chi connectivity index (χ2n) is 7.26. The zero-order valence-corrected chi connectivity index (χ0v) is 13.9. The zero-order chi connectivity index (χ0) is 14.5. The molecular weight excluding hydrogens is 316 g/mol. The quantitative estimate of drug-likeness (QED) is 0.737. The second-order valence-corrected chi connectivity index (χ2v) is 8.28. The maximum atomic E-state index is 11.8. The molecule has 0 aromatic rings. The zero-order valence-electron chi connectivity index (χ0n) is 12.3. The lowest BCUT2D eigenvalue weighted by Gasteiger charge is -2.56. The highest BCUT2D eigenvalue weighted by molar-refractivity contribution is 9.11. The van der Waals surface area contributed by atoms with Crippen molar-refractivity contribution in [1.82, 2.24) is 0 Å². The van der Waals surface area contributed by atoms with Crippen LogP contribution in [-0.2, 0) is 4.79 Å². The highest BCUT2D eigenvalue weighted by atomic mass is 79.9. The Morgan fingerprint density at radius 1 is 1.40 bits per heavy atom. The summed E-state index contributed by atoms with van der Waals surface area (Å²) < 4.78 is 1.29. The van der Waals surface area contributed by atoms with Crippen LogP contribution in [0.3, 0.4) is 0 Å². The summed E-state index contributed by atoms with van der Waals surface area (Å²) in [4.78, 5) is 11.8. The number of carboxylic acids is 1. The van der Waals surface area contributed by atoms with Gasteiger partial charge in [0.25, 0.3) is 0 Å². The fourth-order valence-electron chi connectivity index (χ4n) is 5.08. The van der Waals surface area contributed by atoms with Gasteiger partial charge >= 0.3 is 5.97 Å². The van der Waals surface area contributed by atoms with Gasteiger partial charge in [0.1, 0.15) is 0 Å². The molecule has 0 unspecified atom stereocenters. The largest absolute Gasteiger partial charge is 0.481 e.